The van der Waals surface area contributed by atoms with Crippen LogP contribution in [-0.4, -0.2) is 19.4 Å². The molecule has 1 atom stereocenters. The van der Waals surface area contributed by atoms with Crippen molar-refractivity contribution in [2.45, 2.75) is 30.7 Å². The molecule has 1 aliphatic carbocycles. The van der Waals surface area contributed by atoms with Crippen LogP contribution in [-0.2, 0) is 10.0 Å². The third-order valence-corrected chi connectivity index (χ3v) is 5.45. The van der Waals surface area contributed by atoms with E-state index in [0.717, 1.165) is 12.8 Å². The first-order valence-electron chi connectivity index (χ1n) is 5.93. The first-order valence-corrected chi connectivity index (χ1v) is 8.20. The third kappa shape index (κ3) is 3.45. The van der Waals surface area contributed by atoms with Crippen LogP contribution in [0.1, 0.15) is 25.3 Å². The first kappa shape index (κ1) is 14.7. The zero-order valence-electron chi connectivity index (χ0n) is 10.4. The Hall–Kier alpha value is -0.690. The summed E-state index contributed by atoms with van der Waals surface area (Å²) < 4.78 is 27.1. The summed E-state index contributed by atoms with van der Waals surface area (Å²) in [5, 5.41) is 0.126. The van der Waals surface area contributed by atoms with Crippen molar-refractivity contribution in [3.63, 3.8) is 0 Å². The topological polar surface area (TPSA) is 72.2 Å². The van der Waals surface area contributed by atoms with E-state index >= 15 is 0 Å². The summed E-state index contributed by atoms with van der Waals surface area (Å²) in [7, 11) is -3.60. The van der Waals surface area contributed by atoms with Crippen LogP contribution in [0.15, 0.2) is 23.1 Å². The van der Waals surface area contributed by atoms with E-state index in [0.29, 0.717) is 11.5 Å². The molecule has 0 spiro atoms. The summed E-state index contributed by atoms with van der Waals surface area (Å²) in [6, 6.07) is 4.39. The second-order valence-corrected chi connectivity index (χ2v) is 7.29. The molecular formula is C12H15ClN2O2S2. The van der Waals surface area contributed by atoms with E-state index in [1.165, 1.54) is 12.1 Å². The van der Waals surface area contributed by atoms with Gasteiger partial charge in [0.25, 0.3) is 0 Å². The Morgan fingerprint density at radius 1 is 1.53 bits per heavy atom. The molecule has 0 amide bonds. The monoisotopic (exact) mass is 318 g/mol. The Labute approximate surface area is 123 Å². The lowest BCUT2D eigenvalue weighted by Gasteiger charge is -2.14. The summed E-state index contributed by atoms with van der Waals surface area (Å²) in [5.41, 5.74) is 6.03. The fourth-order valence-corrected chi connectivity index (χ4v) is 3.86. The quantitative estimate of drug-likeness (QED) is 0.815. The van der Waals surface area contributed by atoms with Crippen LogP contribution in [0.5, 0.6) is 0 Å². The molecule has 1 aromatic carbocycles. The van der Waals surface area contributed by atoms with Gasteiger partial charge in [0.15, 0.2) is 0 Å². The minimum atomic E-state index is -3.60. The van der Waals surface area contributed by atoms with Gasteiger partial charge in [-0.05, 0) is 37.8 Å². The molecule has 7 heteroatoms. The van der Waals surface area contributed by atoms with Crippen LogP contribution < -0.4 is 10.5 Å². The number of hydrogen-bond acceptors (Lipinski definition) is 3. The Kier molecular flexibility index (Phi) is 4.15. The van der Waals surface area contributed by atoms with Crippen LogP contribution in [0.2, 0.25) is 5.02 Å². The number of sulfonamides is 1. The summed E-state index contributed by atoms with van der Waals surface area (Å²) in [6.45, 7) is 1.87. The van der Waals surface area contributed by atoms with Gasteiger partial charge in [0, 0.05) is 11.6 Å². The SMILES string of the molecule is CC(NS(=O)(=O)c1ccc(C(N)=S)cc1Cl)C1CC1. The molecule has 4 nitrogen and oxygen atoms in total. The number of thiocarbonyl (C=S) groups is 1. The second-order valence-electron chi connectivity index (χ2n) is 4.76. The zero-order valence-corrected chi connectivity index (χ0v) is 12.8. The first-order chi connectivity index (χ1) is 8.81. The van der Waals surface area contributed by atoms with Gasteiger partial charge in [-0.15, -0.1) is 0 Å². The standard InChI is InChI=1S/C12H15ClN2O2S2/c1-7(8-2-3-8)15-19(16,17)11-5-4-9(12(14)18)6-10(11)13/h4-8,15H,2-3H2,1H3,(H2,14,18). The molecular weight excluding hydrogens is 304 g/mol. The minimum absolute atomic E-state index is 0.0571. The zero-order chi connectivity index (χ0) is 14.2. The maximum Gasteiger partial charge on any atom is 0.242 e. The van der Waals surface area contributed by atoms with E-state index in [1.807, 2.05) is 6.92 Å². The van der Waals surface area contributed by atoms with Crippen LogP contribution >= 0.6 is 23.8 Å². The van der Waals surface area contributed by atoms with E-state index < -0.39 is 10.0 Å². The van der Waals surface area contributed by atoms with Crippen molar-refractivity contribution in [1.29, 1.82) is 0 Å². The number of nitrogens with two attached hydrogens (primary N) is 1. The molecule has 0 bridgehead atoms. The molecule has 1 fully saturated rings. The van der Waals surface area contributed by atoms with Crippen molar-refractivity contribution >= 4 is 38.8 Å². The molecule has 3 N–H and O–H groups in total. The van der Waals surface area contributed by atoms with Gasteiger partial charge < -0.3 is 5.73 Å². The summed E-state index contributed by atoms with van der Waals surface area (Å²) in [4.78, 5) is 0.242. The van der Waals surface area contributed by atoms with Gasteiger partial charge in [-0.25, -0.2) is 13.1 Å². The van der Waals surface area contributed by atoms with Gasteiger partial charge in [0.1, 0.15) is 9.88 Å². The molecule has 1 unspecified atom stereocenters. The van der Waals surface area contributed by atoms with Gasteiger partial charge in [0.2, 0.25) is 10.0 Å². The van der Waals surface area contributed by atoms with Crippen molar-refractivity contribution in [2.24, 2.45) is 11.7 Å². The van der Waals surface area contributed by atoms with E-state index in [1.54, 1.807) is 6.07 Å². The van der Waals surface area contributed by atoms with E-state index in [4.69, 9.17) is 29.6 Å². The molecule has 19 heavy (non-hydrogen) atoms. The fraction of sp³-hybridized carbons (Fsp3) is 0.417. The van der Waals surface area contributed by atoms with Gasteiger partial charge in [0.05, 0.1) is 5.02 Å². The second kappa shape index (κ2) is 5.36. The Bertz CT molecular complexity index is 612. The summed E-state index contributed by atoms with van der Waals surface area (Å²) >= 11 is 10.8. The molecule has 0 saturated heterocycles. The molecule has 1 saturated carbocycles. The molecule has 0 radical (unpaired) electrons. The normalized spacial score (nSPS) is 17.2. The van der Waals surface area contributed by atoms with Crippen molar-refractivity contribution in [3.8, 4) is 0 Å². The molecule has 0 aliphatic heterocycles. The average Bonchev–Trinajstić information content (AvgIpc) is 3.11. The minimum Gasteiger partial charge on any atom is -0.389 e. The van der Waals surface area contributed by atoms with Crippen molar-refractivity contribution in [1.82, 2.24) is 4.72 Å². The Morgan fingerprint density at radius 3 is 2.63 bits per heavy atom. The molecule has 104 valence electrons. The lowest BCUT2D eigenvalue weighted by Crippen LogP contribution is -2.34. The Morgan fingerprint density at radius 2 is 2.16 bits per heavy atom. The number of halogens is 1. The van der Waals surface area contributed by atoms with Gasteiger partial charge >= 0.3 is 0 Å². The fourth-order valence-electron chi connectivity index (χ4n) is 1.87. The highest BCUT2D eigenvalue weighted by Gasteiger charge is 2.31. The van der Waals surface area contributed by atoms with E-state index in [9.17, 15) is 8.42 Å². The summed E-state index contributed by atoms with van der Waals surface area (Å²) in [5.74, 6) is 0.435. The maximum atomic E-state index is 12.2. The highest BCUT2D eigenvalue weighted by molar-refractivity contribution is 7.89. The lowest BCUT2D eigenvalue weighted by molar-refractivity contribution is 0.538. The largest absolute Gasteiger partial charge is 0.389 e. The predicted molar refractivity (Wildman–Crippen MR) is 79.8 cm³/mol. The molecule has 0 aromatic heterocycles. The van der Waals surface area contributed by atoms with Crippen molar-refractivity contribution in [3.05, 3.63) is 28.8 Å². The number of nitrogens with one attached hydrogen (secondary N) is 1. The lowest BCUT2D eigenvalue weighted by atomic mass is 10.2. The molecule has 1 aromatic rings. The highest BCUT2D eigenvalue weighted by Crippen LogP contribution is 2.33. The number of rotatable bonds is 5. The van der Waals surface area contributed by atoms with E-state index in [-0.39, 0.29) is 20.9 Å². The maximum absolute atomic E-state index is 12.2. The predicted octanol–water partition coefficient (Wildman–Crippen LogP) is 2.05. The van der Waals surface area contributed by atoms with Crippen molar-refractivity contribution < 1.29 is 8.42 Å². The van der Waals surface area contributed by atoms with Gasteiger partial charge in [-0.3, -0.25) is 0 Å². The molecule has 1 aliphatic rings. The molecule has 2 rings (SSSR count). The van der Waals surface area contributed by atoms with Crippen LogP contribution in [0, 0.1) is 5.92 Å². The number of hydrogen-bond donors (Lipinski definition) is 2. The van der Waals surface area contributed by atoms with Gasteiger partial charge in [-0.1, -0.05) is 29.9 Å². The van der Waals surface area contributed by atoms with Crippen LogP contribution in [0.25, 0.3) is 0 Å². The van der Waals surface area contributed by atoms with Gasteiger partial charge in [-0.2, -0.15) is 0 Å². The van der Waals surface area contributed by atoms with Crippen LogP contribution in [0.3, 0.4) is 0 Å². The van der Waals surface area contributed by atoms with Crippen molar-refractivity contribution in [2.75, 3.05) is 0 Å². The average molecular weight is 319 g/mol. The number of benzene rings is 1. The van der Waals surface area contributed by atoms with E-state index in [2.05, 4.69) is 4.72 Å². The molecule has 0 heterocycles. The third-order valence-electron chi connectivity index (χ3n) is 3.18. The van der Waals surface area contributed by atoms with Crippen LogP contribution in [0.4, 0.5) is 0 Å². The smallest absolute Gasteiger partial charge is 0.242 e. The summed E-state index contributed by atoms with van der Waals surface area (Å²) in [6.07, 6.45) is 2.13. The highest BCUT2D eigenvalue weighted by atomic mass is 35.5. The Balaban J connectivity index is 2.27.